The van der Waals surface area contributed by atoms with E-state index < -0.39 is 0 Å². The molecule has 8 nitrogen and oxygen atoms in total. The summed E-state index contributed by atoms with van der Waals surface area (Å²) in [5, 5.41) is 17.0. The van der Waals surface area contributed by atoms with E-state index in [0.29, 0.717) is 17.8 Å². The fraction of sp³-hybridized carbons (Fsp3) is 0.524. The molecule has 0 unspecified atom stereocenters. The summed E-state index contributed by atoms with van der Waals surface area (Å²) in [6, 6.07) is 6.61. The summed E-state index contributed by atoms with van der Waals surface area (Å²) in [5.74, 6) is 1.54. The second-order valence-corrected chi connectivity index (χ2v) is 7.26. The molecule has 29 heavy (non-hydrogen) atoms. The lowest BCUT2D eigenvalue weighted by Crippen LogP contribution is -2.44. The first-order valence-electron chi connectivity index (χ1n) is 9.97. The normalized spacial score (nSPS) is 18.7. The lowest BCUT2D eigenvalue weighted by atomic mass is 9.99. The summed E-state index contributed by atoms with van der Waals surface area (Å²) in [6.07, 6.45) is 8.48. The molecule has 0 aliphatic carbocycles. The quantitative estimate of drug-likeness (QED) is 0.758. The van der Waals surface area contributed by atoms with Gasteiger partial charge in [-0.25, -0.2) is 4.98 Å². The van der Waals surface area contributed by atoms with Gasteiger partial charge in [-0.3, -0.25) is 4.79 Å². The van der Waals surface area contributed by atoms with Gasteiger partial charge in [0.1, 0.15) is 5.82 Å². The van der Waals surface area contributed by atoms with Gasteiger partial charge in [0.2, 0.25) is 0 Å². The van der Waals surface area contributed by atoms with Crippen molar-refractivity contribution >= 4 is 6.47 Å². The van der Waals surface area contributed by atoms with Crippen LogP contribution in [-0.2, 0) is 9.53 Å². The number of methoxy groups -OCH3 is 1. The van der Waals surface area contributed by atoms with E-state index in [-0.39, 0.29) is 12.2 Å². The first kappa shape index (κ1) is 21.1. The van der Waals surface area contributed by atoms with Crippen LogP contribution in [0, 0.1) is 0 Å². The highest BCUT2D eigenvalue weighted by atomic mass is 16.5. The summed E-state index contributed by atoms with van der Waals surface area (Å²) in [4.78, 5) is 15.5. The Morgan fingerprint density at radius 3 is 2.48 bits per heavy atom. The van der Waals surface area contributed by atoms with Crippen LogP contribution in [0.15, 0.2) is 30.6 Å². The molecule has 1 aromatic heterocycles. The summed E-state index contributed by atoms with van der Waals surface area (Å²) in [5.41, 5.74) is 0.917. The van der Waals surface area contributed by atoms with Crippen molar-refractivity contribution in [1.29, 1.82) is 0 Å². The van der Waals surface area contributed by atoms with Crippen LogP contribution in [0.25, 0.3) is 11.4 Å². The molecule has 8 heteroatoms. The molecule has 158 valence electrons. The van der Waals surface area contributed by atoms with Gasteiger partial charge < -0.3 is 29.2 Å². The van der Waals surface area contributed by atoms with Crippen molar-refractivity contribution in [3.05, 3.63) is 30.6 Å². The fourth-order valence-electron chi connectivity index (χ4n) is 4.24. The maximum Gasteiger partial charge on any atom is 0.290 e. The van der Waals surface area contributed by atoms with E-state index in [1.165, 1.54) is 0 Å². The zero-order chi connectivity index (χ0) is 20.6. The molecule has 4 rings (SSSR count). The second kappa shape index (κ2) is 10.3. The molecule has 2 aromatic rings. The molecule has 0 radical (unpaired) electrons. The highest BCUT2D eigenvalue weighted by molar-refractivity contribution is 5.61. The minimum atomic E-state index is -0.250. The summed E-state index contributed by atoms with van der Waals surface area (Å²) < 4.78 is 12.9. The maximum absolute atomic E-state index is 10.1. The van der Waals surface area contributed by atoms with Crippen LogP contribution >= 0.6 is 0 Å². The number of rotatable bonds is 4. The van der Waals surface area contributed by atoms with Crippen LogP contribution in [0.2, 0.25) is 0 Å². The molecular weight excluding hydrogens is 374 g/mol. The maximum atomic E-state index is 10.1. The van der Waals surface area contributed by atoms with Crippen LogP contribution in [0.3, 0.4) is 0 Å². The van der Waals surface area contributed by atoms with Crippen LogP contribution in [0.4, 0.5) is 0 Å². The smallest absolute Gasteiger partial charge is 0.290 e. The number of hydrogen-bond acceptors (Lipinski definition) is 6. The van der Waals surface area contributed by atoms with Crippen molar-refractivity contribution in [1.82, 2.24) is 14.5 Å². The van der Waals surface area contributed by atoms with Crippen LogP contribution in [-0.4, -0.2) is 70.6 Å². The Bertz CT molecular complexity index is 780. The van der Waals surface area contributed by atoms with Gasteiger partial charge in [0.15, 0.2) is 11.5 Å². The van der Waals surface area contributed by atoms with Crippen molar-refractivity contribution in [2.24, 2.45) is 0 Å². The first-order valence-corrected chi connectivity index (χ1v) is 9.97. The van der Waals surface area contributed by atoms with E-state index in [1.807, 2.05) is 12.3 Å². The van der Waals surface area contributed by atoms with Crippen molar-refractivity contribution in [2.75, 3.05) is 33.4 Å². The number of carbonyl (C=O) groups is 1. The standard InChI is InChI=1S/C20H27N3O3.CH2O2/c1-25-19-3-2-15(14-18(19)24)20-21-8-11-23(20)17-4-9-22(10-5-17)16-6-12-26-13-7-16;2-1-3/h2-3,8,11,14,16-17,24H,4-7,9-10,12-13H2,1H3;1H,(H,2,3). The minimum Gasteiger partial charge on any atom is -0.504 e. The van der Waals surface area contributed by atoms with Gasteiger partial charge in [-0.15, -0.1) is 0 Å². The SMILES string of the molecule is COc1ccc(-c2nccn2C2CCN(C3CCOCC3)CC2)cc1O.O=CO. The van der Waals surface area contributed by atoms with Gasteiger partial charge in [-0.1, -0.05) is 0 Å². The molecule has 2 aliphatic rings. The Hall–Kier alpha value is -2.58. The summed E-state index contributed by atoms with van der Waals surface area (Å²) >= 11 is 0. The number of phenolic OH excluding ortho intramolecular Hbond substituents is 1. The predicted octanol–water partition coefficient (Wildman–Crippen LogP) is 2.78. The van der Waals surface area contributed by atoms with Crippen LogP contribution in [0.5, 0.6) is 11.5 Å². The van der Waals surface area contributed by atoms with Crippen molar-refractivity contribution in [3.63, 3.8) is 0 Å². The number of piperidine rings is 1. The third-order valence-corrected chi connectivity index (χ3v) is 5.71. The Balaban J connectivity index is 0.000000755. The zero-order valence-corrected chi connectivity index (χ0v) is 16.7. The van der Waals surface area contributed by atoms with E-state index in [2.05, 4.69) is 20.6 Å². The number of aromatic hydroxyl groups is 1. The number of ether oxygens (including phenoxy) is 2. The number of imidazole rings is 1. The first-order chi connectivity index (χ1) is 14.2. The molecule has 0 amide bonds. The van der Waals surface area contributed by atoms with Crippen molar-refractivity contribution in [2.45, 2.75) is 37.8 Å². The molecule has 1 aromatic carbocycles. The fourth-order valence-corrected chi connectivity index (χ4v) is 4.24. The highest BCUT2D eigenvalue weighted by Crippen LogP contribution is 2.34. The topological polar surface area (TPSA) is 97.0 Å². The molecule has 0 bridgehead atoms. The molecule has 0 spiro atoms. The number of aromatic nitrogens is 2. The van der Waals surface area contributed by atoms with E-state index >= 15 is 0 Å². The lowest BCUT2D eigenvalue weighted by molar-refractivity contribution is -0.122. The van der Waals surface area contributed by atoms with E-state index in [1.54, 1.807) is 19.2 Å². The number of nitrogens with zero attached hydrogens (tertiary/aromatic N) is 3. The number of carboxylic acid groups (broad SMARTS) is 1. The van der Waals surface area contributed by atoms with Gasteiger partial charge >= 0.3 is 0 Å². The van der Waals surface area contributed by atoms with Crippen LogP contribution in [0.1, 0.15) is 31.7 Å². The number of phenols is 1. The monoisotopic (exact) mass is 403 g/mol. The van der Waals surface area contributed by atoms with Crippen LogP contribution < -0.4 is 4.74 Å². The Morgan fingerprint density at radius 1 is 1.17 bits per heavy atom. The molecular formula is C21H29N3O5. The third-order valence-electron chi connectivity index (χ3n) is 5.71. The van der Waals surface area contributed by atoms with Gasteiger partial charge in [0.05, 0.1) is 7.11 Å². The second-order valence-electron chi connectivity index (χ2n) is 7.26. The summed E-state index contributed by atoms with van der Waals surface area (Å²) in [6.45, 7) is 3.80. The average molecular weight is 403 g/mol. The molecule has 3 heterocycles. The number of likely N-dealkylation sites (tertiary alicyclic amines) is 1. The van der Waals surface area contributed by atoms with E-state index in [0.717, 1.165) is 63.4 Å². The number of hydrogen-bond donors (Lipinski definition) is 2. The minimum absolute atomic E-state index is 0.147. The van der Waals surface area contributed by atoms with Crippen molar-refractivity contribution in [3.8, 4) is 22.9 Å². The zero-order valence-electron chi connectivity index (χ0n) is 16.7. The predicted molar refractivity (Wildman–Crippen MR) is 108 cm³/mol. The van der Waals surface area contributed by atoms with Gasteiger partial charge in [0.25, 0.3) is 6.47 Å². The Kier molecular flexibility index (Phi) is 7.48. The molecule has 2 saturated heterocycles. The molecule has 2 N–H and O–H groups in total. The van der Waals surface area contributed by atoms with Gasteiger partial charge in [0, 0.05) is 56.3 Å². The third kappa shape index (κ3) is 5.07. The Labute approximate surface area is 170 Å². The lowest BCUT2D eigenvalue weighted by Gasteiger charge is -2.39. The number of benzene rings is 1. The van der Waals surface area contributed by atoms with Gasteiger partial charge in [-0.2, -0.15) is 0 Å². The molecule has 0 saturated carbocycles. The van der Waals surface area contributed by atoms with Gasteiger partial charge in [-0.05, 0) is 43.9 Å². The Morgan fingerprint density at radius 2 is 1.86 bits per heavy atom. The summed E-state index contributed by atoms with van der Waals surface area (Å²) in [7, 11) is 1.56. The molecule has 2 aliphatic heterocycles. The average Bonchev–Trinajstić information content (AvgIpc) is 3.25. The van der Waals surface area contributed by atoms with Crippen molar-refractivity contribution < 1.29 is 24.5 Å². The highest BCUT2D eigenvalue weighted by Gasteiger charge is 2.28. The molecule has 2 fully saturated rings. The largest absolute Gasteiger partial charge is 0.504 e. The van der Waals surface area contributed by atoms with E-state index in [9.17, 15) is 5.11 Å². The molecule has 0 atom stereocenters. The van der Waals surface area contributed by atoms with E-state index in [4.69, 9.17) is 19.4 Å².